The van der Waals surface area contributed by atoms with Crippen LogP contribution in [0.3, 0.4) is 0 Å². The largest absolute Gasteiger partial charge is 0.469 e. The molecule has 0 bridgehead atoms. The first-order valence-corrected chi connectivity index (χ1v) is 7.09. The number of nitrogens with one attached hydrogen (secondary N) is 1. The minimum atomic E-state index is -0.215. The van der Waals surface area contributed by atoms with Gasteiger partial charge in [-0.15, -0.1) is 0 Å². The van der Waals surface area contributed by atoms with Gasteiger partial charge in [-0.25, -0.2) is 4.98 Å². The number of hydrogen-bond acceptors (Lipinski definition) is 6. The number of benzene rings is 1. The van der Waals surface area contributed by atoms with Crippen molar-refractivity contribution in [1.82, 2.24) is 9.97 Å². The molecule has 0 aliphatic heterocycles. The quantitative estimate of drug-likeness (QED) is 0.650. The Morgan fingerprint density at radius 1 is 1.36 bits per heavy atom. The van der Waals surface area contributed by atoms with Gasteiger partial charge in [-0.2, -0.15) is 4.98 Å². The molecular weight excluding hydrogens is 304 g/mol. The predicted molar refractivity (Wildman–Crippen MR) is 86.1 cm³/mol. The Kier molecular flexibility index (Phi) is 5.16. The van der Waals surface area contributed by atoms with Crippen LogP contribution >= 0.6 is 11.6 Å². The Morgan fingerprint density at radius 2 is 2.05 bits per heavy atom. The molecule has 1 aromatic heterocycles. The molecule has 0 aliphatic rings. The van der Waals surface area contributed by atoms with Crippen molar-refractivity contribution in [2.24, 2.45) is 5.92 Å². The number of rotatable bonds is 5. The van der Waals surface area contributed by atoms with Crippen molar-refractivity contribution in [2.45, 2.75) is 13.3 Å². The van der Waals surface area contributed by atoms with Crippen LogP contribution in [0, 0.1) is 5.92 Å². The number of anilines is 3. The van der Waals surface area contributed by atoms with Crippen LogP contribution in [0.15, 0.2) is 30.3 Å². The summed E-state index contributed by atoms with van der Waals surface area (Å²) in [5.74, 6) is 0.240. The molecule has 7 heteroatoms. The van der Waals surface area contributed by atoms with E-state index >= 15 is 0 Å². The summed E-state index contributed by atoms with van der Waals surface area (Å²) in [7, 11) is 1.39. The van der Waals surface area contributed by atoms with E-state index < -0.39 is 0 Å². The smallest absolute Gasteiger partial charge is 0.308 e. The van der Waals surface area contributed by atoms with Crippen molar-refractivity contribution in [3.8, 4) is 0 Å². The molecule has 22 heavy (non-hydrogen) atoms. The van der Waals surface area contributed by atoms with E-state index in [-0.39, 0.29) is 23.0 Å². The zero-order chi connectivity index (χ0) is 16.1. The van der Waals surface area contributed by atoms with E-state index in [2.05, 4.69) is 15.3 Å². The molecule has 0 aliphatic carbocycles. The molecular formula is C15H17ClN4O2. The number of esters is 1. The van der Waals surface area contributed by atoms with Crippen LogP contribution in [-0.4, -0.2) is 23.0 Å². The third-order valence-corrected chi connectivity index (χ3v) is 3.28. The molecule has 0 radical (unpaired) electrons. The van der Waals surface area contributed by atoms with E-state index in [1.54, 1.807) is 6.07 Å². The molecule has 0 saturated carbocycles. The fraction of sp³-hybridized carbons (Fsp3) is 0.267. The van der Waals surface area contributed by atoms with Gasteiger partial charge >= 0.3 is 5.97 Å². The van der Waals surface area contributed by atoms with Gasteiger partial charge in [0.15, 0.2) is 0 Å². The predicted octanol–water partition coefficient (Wildman–Crippen LogP) is 2.81. The molecule has 0 amide bonds. The summed E-state index contributed by atoms with van der Waals surface area (Å²) >= 11 is 5.83. The van der Waals surface area contributed by atoms with Crippen molar-refractivity contribution < 1.29 is 9.53 Å². The Labute approximate surface area is 133 Å². The van der Waals surface area contributed by atoms with Gasteiger partial charge < -0.3 is 15.8 Å². The number of aromatic nitrogens is 2. The van der Waals surface area contributed by atoms with Crippen LogP contribution < -0.4 is 11.1 Å². The minimum absolute atomic E-state index is 0.110. The maximum atomic E-state index is 11.4. The first kappa shape index (κ1) is 16.0. The zero-order valence-electron chi connectivity index (χ0n) is 12.3. The highest BCUT2D eigenvalue weighted by Crippen LogP contribution is 2.19. The van der Waals surface area contributed by atoms with Crippen LogP contribution in [0.4, 0.5) is 17.5 Å². The molecule has 2 aromatic rings. The van der Waals surface area contributed by atoms with E-state index in [1.165, 1.54) is 7.11 Å². The number of nitrogens with two attached hydrogens (primary N) is 1. The molecule has 0 spiro atoms. The number of ether oxygens (including phenoxy) is 1. The van der Waals surface area contributed by atoms with E-state index in [1.807, 2.05) is 31.2 Å². The Hall–Kier alpha value is -2.34. The van der Waals surface area contributed by atoms with Crippen LogP contribution in [0.5, 0.6) is 0 Å². The third-order valence-electron chi connectivity index (χ3n) is 3.08. The lowest BCUT2D eigenvalue weighted by Crippen LogP contribution is -2.15. The van der Waals surface area contributed by atoms with Crippen molar-refractivity contribution in [3.63, 3.8) is 0 Å². The van der Waals surface area contributed by atoms with Crippen LogP contribution in [-0.2, 0) is 16.0 Å². The van der Waals surface area contributed by atoms with Gasteiger partial charge in [0.05, 0.1) is 13.0 Å². The SMILES string of the molecule is COC(=O)C(C)Cc1ccc(Nc2cc(Cl)nc(N)n2)cc1. The topological polar surface area (TPSA) is 90.1 Å². The second-order valence-corrected chi connectivity index (χ2v) is 5.27. The molecule has 1 unspecified atom stereocenters. The lowest BCUT2D eigenvalue weighted by atomic mass is 10.0. The molecule has 0 saturated heterocycles. The number of halogens is 1. The highest BCUT2D eigenvalue weighted by Gasteiger charge is 2.13. The fourth-order valence-corrected chi connectivity index (χ4v) is 2.20. The van der Waals surface area contributed by atoms with E-state index in [9.17, 15) is 4.79 Å². The minimum Gasteiger partial charge on any atom is -0.469 e. The number of methoxy groups -OCH3 is 1. The van der Waals surface area contributed by atoms with E-state index in [0.29, 0.717) is 12.2 Å². The fourth-order valence-electron chi connectivity index (χ4n) is 2.01. The Morgan fingerprint density at radius 3 is 2.64 bits per heavy atom. The molecule has 1 atom stereocenters. The average molecular weight is 321 g/mol. The van der Waals surface area contributed by atoms with Crippen molar-refractivity contribution in [3.05, 3.63) is 41.0 Å². The standard InChI is InChI=1S/C15H17ClN4O2/c1-9(14(21)22-2)7-10-3-5-11(6-4-10)18-13-8-12(16)19-15(17)20-13/h3-6,8-9H,7H2,1-2H3,(H3,17,18,19,20). The maximum Gasteiger partial charge on any atom is 0.308 e. The van der Waals surface area contributed by atoms with Gasteiger partial charge in [-0.05, 0) is 24.1 Å². The molecule has 116 valence electrons. The summed E-state index contributed by atoms with van der Waals surface area (Å²) in [5.41, 5.74) is 7.42. The van der Waals surface area contributed by atoms with Crippen molar-refractivity contribution >= 4 is 35.0 Å². The number of carbonyl (C=O) groups is 1. The maximum absolute atomic E-state index is 11.4. The molecule has 1 aromatic carbocycles. The molecule has 2 rings (SSSR count). The molecule has 1 heterocycles. The van der Waals surface area contributed by atoms with Gasteiger partial charge in [0.2, 0.25) is 5.95 Å². The summed E-state index contributed by atoms with van der Waals surface area (Å²) < 4.78 is 4.72. The normalized spacial score (nSPS) is 11.8. The van der Waals surface area contributed by atoms with Gasteiger partial charge in [0.1, 0.15) is 11.0 Å². The van der Waals surface area contributed by atoms with Crippen LogP contribution in [0.2, 0.25) is 5.15 Å². The number of hydrogen-bond donors (Lipinski definition) is 2. The first-order valence-electron chi connectivity index (χ1n) is 6.72. The lowest BCUT2D eigenvalue weighted by molar-refractivity contribution is -0.144. The van der Waals surface area contributed by atoms with Crippen molar-refractivity contribution in [1.29, 1.82) is 0 Å². The molecule has 0 fully saturated rings. The summed E-state index contributed by atoms with van der Waals surface area (Å²) in [6.45, 7) is 1.84. The van der Waals surface area contributed by atoms with Gasteiger partial charge in [0, 0.05) is 11.8 Å². The number of nitrogens with zero attached hydrogens (tertiary/aromatic N) is 2. The second-order valence-electron chi connectivity index (χ2n) is 4.88. The summed E-state index contributed by atoms with van der Waals surface area (Å²) in [5, 5.41) is 3.37. The first-order chi connectivity index (χ1) is 10.5. The van der Waals surface area contributed by atoms with Gasteiger partial charge in [-0.1, -0.05) is 30.7 Å². The molecule has 6 nitrogen and oxygen atoms in total. The molecule has 3 N–H and O–H groups in total. The highest BCUT2D eigenvalue weighted by molar-refractivity contribution is 6.29. The highest BCUT2D eigenvalue weighted by atomic mass is 35.5. The Balaban J connectivity index is 2.04. The third kappa shape index (κ3) is 4.33. The van der Waals surface area contributed by atoms with Crippen LogP contribution in [0.1, 0.15) is 12.5 Å². The zero-order valence-corrected chi connectivity index (χ0v) is 13.1. The summed E-state index contributed by atoms with van der Waals surface area (Å²) in [4.78, 5) is 19.3. The monoisotopic (exact) mass is 320 g/mol. The number of carbonyl (C=O) groups excluding carboxylic acids is 1. The summed E-state index contributed by atoms with van der Waals surface area (Å²) in [6.07, 6.45) is 0.624. The van der Waals surface area contributed by atoms with Crippen LogP contribution in [0.25, 0.3) is 0 Å². The lowest BCUT2D eigenvalue weighted by Gasteiger charge is -2.10. The van der Waals surface area contributed by atoms with E-state index in [0.717, 1.165) is 11.3 Å². The van der Waals surface area contributed by atoms with Gasteiger partial charge in [-0.3, -0.25) is 4.79 Å². The van der Waals surface area contributed by atoms with Crippen molar-refractivity contribution in [2.75, 3.05) is 18.2 Å². The van der Waals surface area contributed by atoms with Gasteiger partial charge in [0.25, 0.3) is 0 Å². The average Bonchev–Trinajstić information content (AvgIpc) is 2.47. The van der Waals surface area contributed by atoms with E-state index in [4.69, 9.17) is 22.1 Å². The number of nitrogen functional groups attached to an aromatic ring is 1. The summed E-state index contributed by atoms with van der Waals surface area (Å²) in [6, 6.07) is 9.25. The Bertz CT molecular complexity index is 641. The second kappa shape index (κ2) is 7.09.